The molecule has 1 aliphatic heterocycles. The predicted octanol–water partition coefficient (Wildman–Crippen LogP) is 3.13. The summed E-state index contributed by atoms with van der Waals surface area (Å²) in [5.41, 5.74) is 1.75. The molecule has 10 heteroatoms. The van der Waals surface area contributed by atoms with Crippen LogP contribution in [0.4, 0.5) is 27.8 Å². The Labute approximate surface area is 175 Å². The zero-order chi connectivity index (χ0) is 21.7. The number of carbonyl (C=O) groups is 1. The Morgan fingerprint density at radius 2 is 1.97 bits per heavy atom. The van der Waals surface area contributed by atoms with Crippen LogP contribution in [0.25, 0.3) is 0 Å². The van der Waals surface area contributed by atoms with Crippen LogP contribution < -0.4 is 9.80 Å². The Bertz CT molecular complexity index is 914. The quantitative estimate of drug-likeness (QED) is 0.524. The summed E-state index contributed by atoms with van der Waals surface area (Å²) in [4.78, 5) is 37.3. The highest BCUT2D eigenvalue weighted by Gasteiger charge is 2.32. The van der Waals surface area contributed by atoms with Gasteiger partial charge in [-0.15, -0.1) is 0 Å². The molecule has 0 spiro atoms. The standard InChI is InChI=1S/C20H26N6O4/c1-4-25(16-8-6-7-15(3)13-16)19-17(26(28)29)18(21-14-22-19)23-9-11-24(12-10-23)20(27)30-5-2/h6-8,13-14H,4-5,9-12H2,1-3H3. The maximum atomic E-state index is 12.0. The van der Waals surface area contributed by atoms with Crippen LogP contribution in [-0.4, -0.2) is 65.2 Å². The van der Waals surface area contributed by atoms with Gasteiger partial charge in [0.2, 0.25) is 11.6 Å². The third-order valence-electron chi connectivity index (χ3n) is 4.96. The number of nitro groups is 1. The van der Waals surface area contributed by atoms with Gasteiger partial charge in [-0.25, -0.2) is 14.8 Å². The van der Waals surface area contributed by atoms with Crippen molar-refractivity contribution in [3.8, 4) is 0 Å². The smallest absolute Gasteiger partial charge is 0.409 e. The van der Waals surface area contributed by atoms with E-state index in [0.717, 1.165) is 11.3 Å². The molecule has 1 saturated heterocycles. The Kier molecular flexibility index (Phi) is 6.65. The molecule has 1 aromatic carbocycles. The van der Waals surface area contributed by atoms with Crippen molar-refractivity contribution in [3.05, 3.63) is 46.3 Å². The Morgan fingerprint density at radius 1 is 1.23 bits per heavy atom. The summed E-state index contributed by atoms with van der Waals surface area (Å²) in [7, 11) is 0. The van der Waals surface area contributed by atoms with E-state index in [4.69, 9.17) is 4.74 Å². The van der Waals surface area contributed by atoms with Gasteiger partial charge in [0.05, 0.1) is 11.5 Å². The van der Waals surface area contributed by atoms with Crippen LogP contribution in [-0.2, 0) is 4.74 Å². The average Bonchev–Trinajstić information content (AvgIpc) is 2.74. The van der Waals surface area contributed by atoms with Crippen LogP contribution in [0.15, 0.2) is 30.6 Å². The monoisotopic (exact) mass is 414 g/mol. The first-order valence-electron chi connectivity index (χ1n) is 9.96. The van der Waals surface area contributed by atoms with Gasteiger partial charge < -0.3 is 19.4 Å². The lowest BCUT2D eigenvalue weighted by molar-refractivity contribution is -0.383. The van der Waals surface area contributed by atoms with Crippen molar-refractivity contribution in [2.24, 2.45) is 0 Å². The molecule has 0 bridgehead atoms. The second-order valence-corrected chi connectivity index (χ2v) is 6.88. The molecule has 30 heavy (non-hydrogen) atoms. The molecule has 0 N–H and O–H groups in total. The largest absolute Gasteiger partial charge is 0.450 e. The molecule has 0 aliphatic carbocycles. The molecule has 1 aromatic heterocycles. The van der Waals surface area contributed by atoms with Crippen molar-refractivity contribution in [1.82, 2.24) is 14.9 Å². The van der Waals surface area contributed by atoms with Gasteiger partial charge >= 0.3 is 11.8 Å². The van der Waals surface area contributed by atoms with Gasteiger partial charge in [0, 0.05) is 38.4 Å². The van der Waals surface area contributed by atoms with Crippen LogP contribution >= 0.6 is 0 Å². The number of nitrogens with zero attached hydrogens (tertiary/aromatic N) is 6. The van der Waals surface area contributed by atoms with E-state index >= 15 is 0 Å². The lowest BCUT2D eigenvalue weighted by atomic mass is 10.2. The number of anilines is 3. The third kappa shape index (κ3) is 4.42. The number of carbonyl (C=O) groups excluding carboxylic acids is 1. The summed E-state index contributed by atoms with van der Waals surface area (Å²) in [6.45, 7) is 8.14. The molecule has 10 nitrogen and oxygen atoms in total. The van der Waals surface area contributed by atoms with Crippen LogP contribution in [0.1, 0.15) is 19.4 Å². The minimum Gasteiger partial charge on any atom is -0.450 e. The summed E-state index contributed by atoms with van der Waals surface area (Å²) < 4.78 is 5.04. The minimum atomic E-state index is -0.430. The highest BCUT2D eigenvalue weighted by molar-refractivity contribution is 5.76. The van der Waals surface area contributed by atoms with E-state index in [0.29, 0.717) is 39.3 Å². The number of rotatable bonds is 6. The van der Waals surface area contributed by atoms with E-state index in [2.05, 4.69) is 9.97 Å². The predicted molar refractivity (Wildman–Crippen MR) is 113 cm³/mol. The highest BCUT2D eigenvalue weighted by Crippen LogP contribution is 2.37. The zero-order valence-corrected chi connectivity index (χ0v) is 17.4. The molecule has 0 radical (unpaired) electrons. The molecule has 1 aliphatic rings. The molecule has 1 fully saturated rings. The lowest BCUT2D eigenvalue weighted by Crippen LogP contribution is -2.49. The normalized spacial score (nSPS) is 13.8. The zero-order valence-electron chi connectivity index (χ0n) is 17.4. The number of hydrogen-bond acceptors (Lipinski definition) is 8. The number of benzene rings is 1. The van der Waals surface area contributed by atoms with Crippen LogP contribution in [0, 0.1) is 17.0 Å². The van der Waals surface area contributed by atoms with Gasteiger partial charge in [0.1, 0.15) is 6.33 Å². The van der Waals surface area contributed by atoms with Crippen molar-refractivity contribution in [3.63, 3.8) is 0 Å². The van der Waals surface area contributed by atoms with Crippen LogP contribution in [0.5, 0.6) is 0 Å². The van der Waals surface area contributed by atoms with Gasteiger partial charge in [0.15, 0.2) is 0 Å². The summed E-state index contributed by atoms with van der Waals surface area (Å²) in [5.74, 6) is 0.519. The molecule has 0 atom stereocenters. The highest BCUT2D eigenvalue weighted by atomic mass is 16.6. The van der Waals surface area contributed by atoms with Gasteiger partial charge in [-0.1, -0.05) is 12.1 Å². The van der Waals surface area contributed by atoms with Crippen molar-refractivity contribution in [1.29, 1.82) is 0 Å². The molecule has 160 valence electrons. The maximum Gasteiger partial charge on any atom is 0.409 e. The summed E-state index contributed by atoms with van der Waals surface area (Å²) in [6.07, 6.45) is 0.986. The van der Waals surface area contributed by atoms with Gasteiger partial charge in [0.25, 0.3) is 0 Å². The molecule has 3 rings (SSSR count). The molecule has 2 aromatic rings. The summed E-state index contributed by atoms with van der Waals surface area (Å²) in [5, 5.41) is 12.0. The first kappa shape index (κ1) is 21.3. The van der Waals surface area contributed by atoms with Crippen LogP contribution in [0.2, 0.25) is 0 Å². The fourth-order valence-corrected chi connectivity index (χ4v) is 3.52. The van der Waals surface area contributed by atoms with Crippen molar-refractivity contribution >= 4 is 29.1 Å². The Hall–Kier alpha value is -3.43. The number of ether oxygens (including phenoxy) is 1. The second-order valence-electron chi connectivity index (χ2n) is 6.88. The second kappa shape index (κ2) is 9.38. The average molecular weight is 414 g/mol. The number of amides is 1. The fraction of sp³-hybridized carbons (Fsp3) is 0.450. The van der Waals surface area contributed by atoms with E-state index < -0.39 is 4.92 Å². The van der Waals surface area contributed by atoms with Crippen molar-refractivity contribution < 1.29 is 14.5 Å². The number of aryl methyl sites for hydroxylation is 1. The molecule has 0 unspecified atom stereocenters. The van der Waals surface area contributed by atoms with Gasteiger partial charge in [-0.05, 0) is 38.5 Å². The topological polar surface area (TPSA) is 105 Å². The van der Waals surface area contributed by atoms with E-state index in [1.807, 2.05) is 47.9 Å². The molecular formula is C20H26N6O4. The van der Waals surface area contributed by atoms with E-state index in [1.165, 1.54) is 6.33 Å². The number of aromatic nitrogens is 2. The SMILES string of the molecule is CCOC(=O)N1CCN(c2ncnc(N(CC)c3cccc(C)c3)c2[N+](=O)[O-])CC1. The molecule has 2 heterocycles. The fourth-order valence-electron chi connectivity index (χ4n) is 3.52. The van der Waals surface area contributed by atoms with Gasteiger partial charge in [-0.2, -0.15) is 0 Å². The van der Waals surface area contributed by atoms with E-state index in [9.17, 15) is 14.9 Å². The van der Waals surface area contributed by atoms with Gasteiger partial charge in [-0.3, -0.25) is 10.1 Å². The minimum absolute atomic E-state index is 0.134. The number of hydrogen-bond donors (Lipinski definition) is 0. The number of piperazine rings is 1. The lowest BCUT2D eigenvalue weighted by Gasteiger charge is -2.34. The molecule has 0 saturated carbocycles. The Morgan fingerprint density at radius 3 is 2.57 bits per heavy atom. The van der Waals surface area contributed by atoms with Crippen molar-refractivity contribution in [2.75, 3.05) is 49.1 Å². The molecule has 1 amide bonds. The summed E-state index contributed by atoms with van der Waals surface area (Å²) >= 11 is 0. The Balaban J connectivity index is 1.92. The van der Waals surface area contributed by atoms with E-state index in [1.54, 1.807) is 11.8 Å². The van der Waals surface area contributed by atoms with Crippen molar-refractivity contribution in [2.45, 2.75) is 20.8 Å². The first-order valence-corrected chi connectivity index (χ1v) is 9.96. The maximum absolute atomic E-state index is 12.0. The first-order chi connectivity index (χ1) is 14.5. The molecular weight excluding hydrogens is 388 g/mol. The van der Waals surface area contributed by atoms with Crippen LogP contribution in [0.3, 0.4) is 0 Å². The third-order valence-corrected chi connectivity index (χ3v) is 4.96. The van der Waals surface area contributed by atoms with E-state index in [-0.39, 0.29) is 23.4 Å². The summed E-state index contributed by atoms with van der Waals surface area (Å²) in [6, 6.07) is 7.75.